The van der Waals surface area contributed by atoms with Gasteiger partial charge in [0.05, 0.1) is 25.4 Å². The summed E-state index contributed by atoms with van der Waals surface area (Å²) in [6.45, 7) is 2.65. The van der Waals surface area contributed by atoms with Crippen molar-refractivity contribution < 1.29 is 14.3 Å². The number of rotatable bonds is 5. The van der Waals surface area contributed by atoms with Crippen LogP contribution in [0.25, 0.3) is 10.9 Å². The number of carbonyl (C=O) groups is 1. The van der Waals surface area contributed by atoms with Crippen LogP contribution >= 0.6 is 0 Å². The van der Waals surface area contributed by atoms with Crippen molar-refractivity contribution in [2.75, 3.05) is 37.6 Å². The Bertz CT molecular complexity index is 1050. The molecule has 0 saturated carbocycles. The number of amides is 1. The Balaban J connectivity index is 1.65. The summed E-state index contributed by atoms with van der Waals surface area (Å²) in [6.07, 6.45) is 2.25. The molecule has 1 fully saturated rings. The summed E-state index contributed by atoms with van der Waals surface area (Å²) >= 11 is 0. The zero-order valence-electron chi connectivity index (χ0n) is 17.0. The number of ether oxygens (including phenoxy) is 2. The number of fused-ring (bicyclic) bond motifs is 1. The minimum Gasteiger partial charge on any atom is -0.497 e. The van der Waals surface area contributed by atoms with Crippen LogP contribution in [0, 0.1) is 6.92 Å². The van der Waals surface area contributed by atoms with Gasteiger partial charge in [-0.05, 0) is 25.5 Å². The molecule has 0 radical (unpaired) electrons. The van der Waals surface area contributed by atoms with Gasteiger partial charge < -0.3 is 19.3 Å². The predicted octanol–water partition coefficient (Wildman–Crippen LogP) is 3.20. The molecule has 1 unspecified atom stereocenters. The first-order valence-corrected chi connectivity index (χ1v) is 9.50. The maximum Gasteiger partial charge on any atom is 0.249 e. The predicted molar refractivity (Wildman–Crippen MR) is 113 cm³/mol. The van der Waals surface area contributed by atoms with E-state index < -0.39 is 0 Å². The van der Waals surface area contributed by atoms with Gasteiger partial charge in [0.2, 0.25) is 5.91 Å². The van der Waals surface area contributed by atoms with Gasteiger partial charge in [-0.3, -0.25) is 4.79 Å². The van der Waals surface area contributed by atoms with Crippen molar-refractivity contribution >= 4 is 28.3 Å². The Morgan fingerprint density at radius 3 is 2.48 bits per heavy atom. The van der Waals surface area contributed by atoms with Crippen molar-refractivity contribution in [3.05, 3.63) is 48.3 Å². The minimum absolute atomic E-state index is 0.0298. The first-order chi connectivity index (χ1) is 14.0. The van der Waals surface area contributed by atoms with Gasteiger partial charge >= 0.3 is 0 Å². The number of aromatic nitrogens is 2. The molecule has 7 nitrogen and oxygen atoms in total. The van der Waals surface area contributed by atoms with Gasteiger partial charge in [0, 0.05) is 37.2 Å². The number of anilines is 2. The van der Waals surface area contributed by atoms with Gasteiger partial charge in [0.1, 0.15) is 29.7 Å². The number of hydrogen-bond acceptors (Lipinski definition) is 6. The zero-order chi connectivity index (χ0) is 20.5. The van der Waals surface area contributed by atoms with Gasteiger partial charge in [-0.1, -0.05) is 11.6 Å². The van der Waals surface area contributed by atoms with Crippen LogP contribution in [0.15, 0.2) is 42.7 Å². The Hall–Kier alpha value is -3.35. The first kappa shape index (κ1) is 19.0. The average molecular weight is 392 g/mol. The molecular weight excluding hydrogens is 368 g/mol. The lowest BCUT2D eigenvalue weighted by atomic mass is 10.1. The van der Waals surface area contributed by atoms with Gasteiger partial charge in [0.25, 0.3) is 0 Å². The smallest absolute Gasteiger partial charge is 0.249 e. The van der Waals surface area contributed by atoms with E-state index in [1.54, 1.807) is 31.5 Å². The lowest BCUT2D eigenvalue weighted by Gasteiger charge is -2.26. The molecule has 1 aliphatic heterocycles. The second-order valence-corrected chi connectivity index (χ2v) is 7.19. The van der Waals surface area contributed by atoms with E-state index in [2.05, 4.69) is 16.0 Å². The van der Waals surface area contributed by atoms with Crippen LogP contribution < -0.4 is 19.3 Å². The third kappa shape index (κ3) is 3.44. The molecule has 2 aromatic carbocycles. The van der Waals surface area contributed by atoms with Crippen LogP contribution in [0.3, 0.4) is 0 Å². The van der Waals surface area contributed by atoms with Crippen molar-refractivity contribution in [2.45, 2.75) is 19.4 Å². The normalized spacial score (nSPS) is 16.3. The van der Waals surface area contributed by atoms with Crippen LogP contribution in [-0.2, 0) is 4.79 Å². The highest BCUT2D eigenvalue weighted by molar-refractivity contribution is 6.02. The summed E-state index contributed by atoms with van der Waals surface area (Å²) in [5.41, 5.74) is 2.77. The van der Waals surface area contributed by atoms with Crippen molar-refractivity contribution in [1.82, 2.24) is 9.97 Å². The standard InChI is InChI=1S/C22H24N4O3/c1-14-5-6-19-18(9-14)21(24-13-23-19)25(2)20-7-8-26(22(20)27)15-10-16(28-3)12-17(11-15)29-4/h5-6,9-13,20H,7-8H2,1-4H3. The third-order valence-electron chi connectivity index (χ3n) is 5.40. The summed E-state index contributed by atoms with van der Waals surface area (Å²) in [7, 11) is 5.12. The number of benzene rings is 2. The van der Waals surface area contributed by atoms with Crippen LogP contribution in [0.1, 0.15) is 12.0 Å². The van der Waals surface area contributed by atoms with Gasteiger partial charge in [-0.15, -0.1) is 0 Å². The fourth-order valence-corrected chi connectivity index (χ4v) is 3.81. The molecule has 0 aliphatic carbocycles. The zero-order valence-corrected chi connectivity index (χ0v) is 17.0. The summed E-state index contributed by atoms with van der Waals surface area (Å²) in [5.74, 6) is 2.10. The Kier molecular flexibility index (Phi) is 4.96. The molecule has 7 heteroatoms. The van der Waals surface area contributed by atoms with Crippen LogP contribution in [0.2, 0.25) is 0 Å². The maximum absolute atomic E-state index is 13.3. The van der Waals surface area contributed by atoms with Crippen molar-refractivity contribution in [3.8, 4) is 11.5 Å². The molecule has 0 bridgehead atoms. The van der Waals surface area contributed by atoms with E-state index in [0.29, 0.717) is 24.5 Å². The van der Waals surface area contributed by atoms with E-state index in [4.69, 9.17) is 9.47 Å². The molecule has 1 aromatic heterocycles. The van der Waals surface area contributed by atoms with E-state index in [0.717, 1.165) is 28.0 Å². The molecule has 0 N–H and O–H groups in total. The lowest BCUT2D eigenvalue weighted by molar-refractivity contribution is -0.118. The lowest BCUT2D eigenvalue weighted by Crippen LogP contribution is -2.40. The van der Waals surface area contributed by atoms with Crippen LogP contribution in [0.4, 0.5) is 11.5 Å². The second kappa shape index (κ2) is 7.58. The summed E-state index contributed by atoms with van der Waals surface area (Å²) in [5, 5.41) is 0.948. The number of likely N-dealkylation sites (N-methyl/N-ethyl adjacent to an activating group) is 1. The number of nitrogens with zero attached hydrogens (tertiary/aromatic N) is 4. The quantitative estimate of drug-likeness (QED) is 0.664. The molecule has 1 amide bonds. The molecule has 29 heavy (non-hydrogen) atoms. The number of carbonyl (C=O) groups excluding carboxylic acids is 1. The van der Waals surface area contributed by atoms with Crippen molar-refractivity contribution in [1.29, 1.82) is 0 Å². The Morgan fingerprint density at radius 2 is 1.79 bits per heavy atom. The monoisotopic (exact) mass is 392 g/mol. The van der Waals surface area contributed by atoms with E-state index >= 15 is 0 Å². The maximum atomic E-state index is 13.3. The Labute approximate surface area is 169 Å². The van der Waals surface area contributed by atoms with Crippen molar-refractivity contribution in [3.63, 3.8) is 0 Å². The van der Waals surface area contributed by atoms with Crippen molar-refractivity contribution in [2.24, 2.45) is 0 Å². The molecule has 0 spiro atoms. The van der Waals surface area contributed by atoms with Crippen LogP contribution in [-0.4, -0.2) is 49.7 Å². The van der Waals surface area contributed by atoms with E-state index in [1.165, 1.54) is 0 Å². The number of hydrogen-bond donors (Lipinski definition) is 0. The largest absolute Gasteiger partial charge is 0.497 e. The number of aryl methyl sites for hydroxylation is 1. The Morgan fingerprint density at radius 1 is 1.07 bits per heavy atom. The molecule has 150 valence electrons. The second-order valence-electron chi connectivity index (χ2n) is 7.19. The summed E-state index contributed by atoms with van der Waals surface area (Å²) in [4.78, 5) is 25.9. The molecule has 2 heterocycles. The molecule has 3 aromatic rings. The highest BCUT2D eigenvalue weighted by Gasteiger charge is 2.36. The fraction of sp³-hybridized carbons (Fsp3) is 0.318. The molecular formula is C22H24N4O3. The molecule has 4 rings (SSSR count). The minimum atomic E-state index is -0.300. The highest BCUT2D eigenvalue weighted by atomic mass is 16.5. The SMILES string of the molecule is COc1cc(OC)cc(N2CCC(N(C)c3ncnc4ccc(C)cc34)C2=O)c1. The first-order valence-electron chi connectivity index (χ1n) is 9.50. The van der Waals surface area contributed by atoms with E-state index in [9.17, 15) is 4.79 Å². The molecule has 1 aliphatic rings. The summed E-state index contributed by atoms with van der Waals surface area (Å²) in [6, 6.07) is 11.3. The van der Waals surface area contributed by atoms with Gasteiger partial charge in [-0.2, -0.15) is 0 Å². The molecule has 1 saturated heterocycles. The third-order valence-corrected chi connectivity index (χ3v) is 5.40. The highest BCUT2D eigenvalue weighted by Crippen LogP contribution is 2.33. The fourth-order valence-electron chi connectivity index (χ4n) is 3.81. The topological polar surface area (TPSA) is 67.8 Å². The summed E-state index contributed by atoms with van der Waals surface area (Å²) < 4.78 is 10.7. The van der Waals surface area contributed by atoms with Gasteiger partial charge in [-0.25, -0.2) is 9.97 Å². The van der Waals surface area contributed by atoms with Gasteiger partial charge in [0.15, 0.2) is 0 Å². The average Bonchev–Trinajstić information content (AvgIpc) is 3.13. The van der Waals surface area contributed by atoms with E-state index in [1.807, 2.05) is 43.1 Å². The molecule has 1 atom stereocenters. The van der Waals surface area contributed by atoms with E-state index in [-0.39, 0.29) is 11.9 Å². The number of methoxy groups -OCH3 is 2. The van der Waals surface area contributed by atoms with Crippen LogP contribution in [0.5, 0.6) is 11.5 Å².